The summed E-state index contributed by atoms with van der Waals surface area (Å²) in [5.41, 5.74) is 5.93. The highest BCUT2D eigenvalue weighted by atomic mass is 16.5. The largest absolute Gasteiger partial charge is 0.491 e. The summed E-state index contributed by atoms with van der Waals surface area (Å²) in [6, 6.07) is -1.09. The van der Waals surface area contributed by atoms with Crippen molar-refractivity contribution in [2.24, 2.45) is 5.73 Å². The maximum absolute atomic E-state index is 11.2. The molecule has 18 heavy (non-hydrogen) atoms. The Morgan fingerprint density at radius 1 is 1.56 bits per heavy atom. The molecule has 2 heterocycles. The number of hydrogen-bond donors (Lipinski definition) is 4. The van der Waals surface area contributed by atoms with Gasteiger partial charge in [-0.1, -0.05) is 0 Å². The van der Waals surface area contributed by atoms with E-state index in [4.69, 9.17) is 15.4 Å². The Balaban J connectivity index is 2.42. The minimum atomic E-state index is -1.25. The number of carbonyl (C=O) groups is 1. The van der Waals surface area contributed by atoms with Gasteiger partial charge >= 0.3 is 5.97 Å². The number of aromatic amines is 1. The van der Waals surface area contributed by atoms with Gasteiger partial charge in [-0.3, -0.25) is 4.79 Å². The molecular weight excluding hydrogens is 244 g/mol. The van der Waals surface area contributed by atoms with Gasteiger partial charge in [-0.2, -0.15) is 0 Å². The fourth-order valence-corrected chi connectivity index (χ4v) is 1.66. The number of nitrogens with two attached hydrogens (primary N) is 1. The molecule has 0 fully saturated rings. The molecule has 0 bridgehead atoms. The van der Waals surface area contributed by atoms with Crippen molar-refractivity contribution in [3.63, 3.8) is 0 Å². The molecule has 0 radical (unpaired) electrons. The van der Waals surface area contributed by atoms with E-state index in [9.17, 15) is 9.90 Å². The van der Waals surface area contributed by atoms with Gasteiger partial charge in [0.05, 0.1) is 11.6 Å². The number of rotatable bonds is 4. The molecule has 10 heteroatoms. The van der Waals surface area contributed by atoms with Crippen LogP contribution in [0.4, 0.5) is 0 Å². The van der Waals surface area contributed by atoms with E-state index in [0.29, 0.717) is 0 Å². The van der Waals surface area contributed by atoms with E-state index in [1.807, 2.05) is 0 Å². The summed E-state index contributed by atoms with van der Waals surface area (Å²) < 4.78 is 4.73. The van der Waals surface area contributed by atoms with Crippen molar-refractivity contribution in [2.75, 3.05) is 0 Å². The molecular formula is C8H10N6O4. The lowest BCUT2D eigenvalue weighted by atomic mass is 9.93. The number of aryl methyl sites for hydroxylation is 1. The molecule has 2 atom stereocenters. The van der Waals surface area contributed by atoms with E-state index in [1.165, 1.54) is 6.92 Å². The van der Waals surface area contributed by atoms with Gasteiger partial charge in [0, 0.05) is 0 Å². The molecule has 2 unspecified atom stereocenters. The fraction of sp³-hybridized carbons (Fsp3) is 0.375. The molecule has 0 aromatic carbocycles. The van der Waals surface area contributed by atoms with Gasteiger partial charge < -0.3 is 20.5 Å². The standard InChI is InChI=1S/C8H10N6O4/c1-2-3(7(15)12-18-2)5(9)4(8(16)17)6-10-13-14-11-6/h4-5H,9H2,1H3,(H,12,15)(H,16,17)(H,10,11,13,14). The number of H-pyrrole nitrogens is 1. The molecule has 2 aromatic rings. The number of nitrogens with zero attached hydrogens (tertiary/aromatic N) is 4. The third-order valence-corrected chi connectivity index (χ3v) is 2.50. The summed E-state index contributed by atoms with van der Waals surface area (Å²) in [5.74, 6) is -2.71. The zero-order valence-corrected chi connectivity index (χ0v) is 9.23. The Kier molecular flexibility index (Phi) is 2.93. The molecule has 0 saturated heterocycles. The normalized spacial score (nSPS) is 14.3. The summed E-state index contributed by atoms with van der Waals surface area (Å²) in [6.07, 6.45) is 0. The van der Waals surface area contributed by atoms with Crippen molar-refractivity contribution in [2.45, 2.75) is 18.9 Å². The van der Waals surface area contributed by atoms with E-state index in [1.54, 1.807) is 0 Å². The highest BCUT2D eigenvalue weighted by Gasteiger charge is 2.35. The molecule has 5 N–H and O–H groups in total. The first kappa shape index (κ1) is 12.0. The Morgan fingerprint density at radius 3 is 2.72 bits per heavy atom. The molecule has 2 rings (SSSR count). The molecule has 10 nitrogen and oxygen atoms in total. The number of hydrogen-bond acceptors (Lipinski definition) is 8. The van der Waals surface area contributed by atoms with E-state index >= 15 is 0 Å². The van der Waals surface area contributed by atoms with Crippen molar-refractivity contribution >= 4 is 5.97 Å². The van der Waals surface area contributed by atoms with Crippen LogP contribution in [0.2, 0.25) is 0 Å². The van der Waals surface area contributed by atoms with Crippen LogP contribution < -0.4 is 5.73 Å². The average molecular weight is 254 g/mol. The first-order valence-electron chi connectivity index (χ1n) is 4.89. The first-order chi connectivity index (χ1) is 8.52. The van der Waals surface area contributed by atoms with E-state index in [-0.39, 0.29) is 17.1 Å². The molecule has 0 saturated carbocycles. The van der Waals surface area contributed by atoms with Gasteiger partial charge in [0.2, 0.25) is 0 Å². The maximum atomic E-state index is 11.2. The number of aromatic nitrogens is 5. The lowest BCUT2D eigenvalue weighted by Gasteiger charge is -2.16. The maximum Gasteiger partial charge on any atom is 0.316 e. The molecule has 0 aliphatic rings. The van der Waals surface area contributed by atoms with E-state index < -0.39 is 23.8 Å². The zero-order chi connectivity index (χ0) is 13.3. The van der Waals surface area contributed by atoms with Crippen LogP contribution >= 0.6 is 0 Å². The average Bonchev–Trinajstić information content (AvgIpc) is 2.89. The van der Waals surface area contributed by atoms with Crippen LogP contribution in [0, 0.1) is 6.92 Å². The highest BCUT2D eigenvalue weighted by Crippen LogP contribution is 2.33. The van der Waals surface area contributed by atoms with Crippen LogP contribution in [-0.2, 0) is 4.79 Å². The van der Waals surface area contributed by atoms with Crippen LogP contribution in [0.3, 0.4) is 0 Å². The number of tetrazole rings is 1. The molecule has 0 amide bonds. The van der Waals surface area contributed by atoms with Crippen LogP contribution in [0.1, 0.15) is 29.1 Å². The number of aliphatic carboxylic acids is 1. The van der Waals surface area contributed by atoms with Crippen molar-refractivity contribution in [1.29, 1.82) is 0 Å². The summed E-state index contributed by atoms with van der Waals surface area (Å²) in [5, 5.41) is 34.4. The third-order valence-electron chi connectivity index (χ3n) is 2.50. The van der Waals surface area contributed by atoms with Gasteiger partial charge in [0.15, 0.2) is 5.82 Å². The van der Waals surface area contributed by atoms with Crippen molar-refractivity contribution in [1.82, 2.24) is 25.8 Å². The minimum Gasteiger partial charge on any atom is -0.491 e. The van der Waals surface area contributed by atoms with Gasteiger partial charge in [-0.25, -0.2) is 5.10 Å². The van der Waals surface area contributed by atoms with Gasteiger partial charge in [-0.15, -0.1) is 5.10 Å². The predicted octanol–water partition coefficient (Wildman–Crippen LogP) is -0.930. The van der Waals surface area contributed by atoms with Crippen molar-refractivity contribution in [3.05, 3.63) is 17.1 Å². The molecule has 0 aliphatic heterocycles. The van der Waals surface area contributed by atoms with Crippen molar-refractivity contribution < 1.29 is 19.5 Å². The third kappa shape index (κ3) is 1.88. The summed E-state index contributed by atoms with van der Waals surface area (Å²) in [6.45, 7) is 1.51. The fourth-order valence-electron chi connectivity index (χ4n) is 1.66. The first-order valence-corrected chi connectivity index (χ1v) is 4.89. The van der Waals surface area contributed by atoms with Crippen LogP contribution in [0.25, 0.3) is 0 Å². The number of carboxylic acid groups (broad SMARTS) is 1. The number of aromatic hydroxyl groups is 1. The van der Waals surface area contributed by atoms with Gasteiger partial charge in [-0.05, 0) is 22.5 Å². The highest BCUT2D eigenvalue weighted by molar-refractivity contribution is 5.76. The zero-order valence-electron chi connectivity index (χ0n) is 9.23. The van der Waals surface area contributed by atoms with Crippen LogP contribution in [0.15, 0.2) is 4.52 Å². The molecule has 0 aliphatic carbocycles. The van der Waals surface area contributed by atoms with Crippen LogP contribution in [0.5, 0.6) is 5.88 Å². The Morgan fingerprint density at radius 2 is 2.28 bits per heavy atom. The SMILES string of the molecule is Cc1onc(O)c1C(N)C(C(=O)O)c1nnn[nH]1. The second kappa shape index (κ2) is 4.41. The Bertz CT molecular complexity index is 530. The lowest BCUT2D eigenvalue weighted by Crippen LogP contribution is -2.27. The number of carboxylic acids is 1. The van der Waals surface area contributed by atoms with Crippen LogP contribution in [-0.4, -0.2) is 42.0 Å². The number of nitrogens with one attached hydrogen (secondary N) is 1. The smallest absolute Gasteiger partial charge is 0.316 e. The van der Waals surface area contributed by atoms with Crippen molar-refractivity contribution in [3.8, 4) is 5.88 Å². The Hall–Kier alpha value is -2.49. The van der Waals surface area contributed by atoms with Gasteiger partial charge in [0.25, 0.3) is 5.88 Å². The van der Waals surface area contributed by atoms with E-state index in [0.717, 1.165) is 0 Å². The summed E-state index contributed by atoms with van der Waals surface area (Å²) in [7, 11) is 0. The second-order valence-corrected chi connectivity index (χ2v) is 3.60. The monoisotopic (exact) mass is 254 g/mol. The quantitative estimate of drug-likeness (QED) is 0.539. The molecule has 0 spiro atoms. The summed E-state index contributed by atoms with van der Waals surface area (Å²) in [4.78, 5) is 11.2. The second-order valence-electron chi connectivity index (χ2n) is 3.60. The minimum absolute atomic E-state index is 0.0185. The molecule has 2 aromatic heterocycles. The summed E-state index contributed by atoms with van der Waals surface area (Å²) >= 11 is 0. The van der Waals surface area contributed by atoms with Gasteiger partial charge in [0.1, 0.15) is 11.7 Å². The van der Waals surface area contributed by atoms with E-state index in [2.05, 4.69) is 25.8 Å². The molecule has 96 valence electrons. The Labute approximate surface area is 99.8 Å². The lowest BCUT2D eigenvalue weighted by molar-refractivity contribution is -0.139. The predicted molar refractivity (Wildman–Crippen MR) is 54.4 cm³/mol. The topological polar surface area (TPSA) is 164 Å².